The third-order valence-corrected chi connectivity index (χ3v) is 4.73. The lowest BCUT2D eigenvalue weighted by Crippen LogP contribution is -2.03. The van der Waals surface area contributed by atoms with Gasteiger partial charge in [-0.3, -0.25) is 0 Å². The summed E-state index contributed by atoms with van der Waals surface area (Å²) >= 11 is 0. The fourth-order valence-corrected chi connectivity index (χ4v) is 3.52. The molecule has 0 saturated carbocycles. The maximum absolute atomic E-state index is 4.13. The number of benzene rings is 2. The second kappa shape index (κ2) is 23.2. The Bertz CT molecular complexity index is 914. The van der Waals surface area contributed by atoms with E-state index in [4.69, 9.17) is 0 Å². The average molecular weight is 477 g/mol. The van der Waals surface area contributed by atoms with Gasteiger partial charge in [0.25, 0.3) is 0 Å². The highest BCUT2D eigenvalue weighted by Gasteiger charge is 2.17. The highest BCUT2D eigenvalue weighted by molar-refractivity contribution is 6.00. The Morgan fingerprint density at radius 1 is 0.771 bits per heavy atom. The Balaban J connectivity index is -0.00000116. The summed E-state index contributed by atoms with van der Waals surface area (Å²) in [5.74, 6) is 0.867. The van der Waals surface area contributed by atoms with Gasteiger partial charge >= 0.3 is 0 Å². The van der Waals surface area contributed by atoms with Gasteiger partial charge in [0, 0.05) is 0 Å². The van der Waals surface area contributed by atoms with Gasteiger partial charge in [-0.05, 0) is 63.4 Å². The molecule has 0 saturated heterocycles. The summed E-state index contributed by atoms with van der Waals surface area (Å²) < 4.78 is 0. The largest absolute Gasteiger partial charge is 0.0984 e. The van der Waals surface area contributed by atoms with Crippen molar-refractivity contribution in [2.24, 2.45) is 11.8 Å². The molecule has 0 heterocycles. The van der Waals surface area contributed by atoms with Crippen LogP contribution in [0.2, 0.25) is 0 Å². The van der Waals surface area contributed by atoms with Crippen LogP contribution in [0.25, 0.3) is 28.5 Å². The van der Waals surface area contributed by atoms with Gasteiger partial charge in [0.05, 0.1) is 0 Å². The molecule has 0 heteroatoms. The van der Waals surface area contributed by atoms with Gasteiger partial charge in [0.15, 0.2) is 0 Å². The molecule has 0 spiro atoms. The summed E-state index contributed by atoms with van der Waals surface area (Å²) in [5.41, 5.74) is 6.18. The van der Waals surface area contributed by atoms with Crippen molar-refractivity contribution in [2.75, 3.05) is 0 Å². The Kier molecular flexibility index (Phi) is 24.5. The van der Waals surface area contributed by atoms with Crippen LogP contribution in [0.4, 0.5) is 0 Å². The fraction of sp³-hybridized carbons (Fsp3) is 0.429. The molecular formula is C35H56. The molecule has 2 rings (SSSR count). The highest BCUT2D eigenvalue weighted by atomic mass is 14.2. The zero-order valence-corrected chi connectivity index (χ0v) is 25.4. The van der Waals surface area contributed by atoms with Crippen LogP contribution < -0.4 is 0 Å². The quantitative estimate of drug-likeness (QED) is 0.348. The van der Waals surface area contributed by atoms with Gasteiger partial charge in [-0.2, -0.15) is 0 Å². The van der Waals surface area contributed by atoms with E-state index in [1.54, 1.807) is 0 Å². The molecule has 0 bridgehead atoms. The maximum Gasteiger partial charge on any atom is -0.00995 e. The molecule has 35 heavy (non-hydrogen) atoms. The monoisotopic (exact) mass is 476 g/mol. The molecule has 2 aromatic rings. The molecule has 0 amide bonds. The number of allylic oxidation sites excluding steroid dienone is 6. The number of rotatable bonds is 7. The molecule has 0 fully saturated rings. The van der Waals surface area contributed by atoms with Gasteiger partial charge in [-0.1, -0.05) is 157 Å². The predicted octanol–water partition coefficient (Wildman–Crippen LogP) is 12.4. The van der Waals surface area contributed by atoms with E-state index in [2.05, 4.69) is 102 Å². The summed E-state index contributed by atoms with van der Waals surface area (Å²) in [6.07, 6.45) is 12.8. The van der Waals surface area contributed by atoms with Crippen LogP contribution in [-0.4, -0.2) is 0 Å². The molecule has 0 aliphatic rings. The standard InChI is InChI=1S/C27H32.4C2H6/c1-8-11-15-24(20(6)7)26(17-19(4)5)27-18-21-14-12-13-16-25(21)22(9-2)23(27)10-3;4*1-2/h8-20H,2-3H2,1,4-7H3;4*1-2H3/b11-8-,24-15+,26-17+;;;;. The summed E-state index contributed by atoms with van der Waals surface area (Å²) in [4.78, 5) is 0. The molecule has 0 aromatic heterocycles. The lowest BCUT2D eigenvalue weighted by molar-refractivity contribution is 0.787. The van der Waals surface area contributed by atoms with Crippen molar-refractivity contribution in [2.45, 2.75) is 90.0 Å². The SMILES string of the molecule is C=Cc1c(C(=C/C(C)C)/C(=C/C=C\C)C(C)C)cc2ccccc2c1C=C.CC.CC.CC.CC. The molecule has 0 aliphatic carbocycles. The van der Waals surface area contributed by atoms with Crippen molar-refractivity contribution < 1.29 is 0 Å². The minimum atomic E-state index is 0.419. The molecule has 0 atom stereocenters. The molecule has 0 N–H and O–H groups in total. The maximum atomic E-state index is 4.13. The number of hydrogen-bond donors (Lipinski definition) is 0. The summed E-state index contributed by atoms with van der Waals surface area (Å²) in [5, 5.41) is 2.45. The van der Waals surface area contributed by atoms with Crippen LogP contribution in [-0.2, 0) is 0 Å². The van der Waals surface area contributed by atoms with Gasteiger partial charge < -0.3 is 0 Å². The van der Waals surface area contributed by atoms with Crippen molar-refractivity contribution in [3.63, 3.8) is 0 Å². The Hall–Kier alpha value is -2.60. The third kappa shape index (κ3) is 11.6. The van der Waals surface area contributed by atoms with Crippen LogP contribution >= 0.6 is 0 Å². The van der Waals surface area contributed by atoms with E-state index in [1.165, 1.54) is 27.5 Å². The lowest BCUT2D eigenvalue weighted by Gasteiger charge is -2.21. The van der Waals surface area contributed by atoms with E-state index >= 15 is 0 Å². The second-order valence-electron chi connectivity index (χ2n) is 7.51. The van der Waals surface area contributed by atoms with Gasteiger partial charge in [-0.15, -0.1) is 0 Å². The Labute approximate surface area is 220 Å². The van der Waals surface area contributed by atoms with Crippen molar-refractivity contribution in [3.05, 3.63) is 90.1 Å². The van der Waals surface area contributed by atoms with Crippen LogP contribution in [0, 0.1) is 11.8 Å². The Morgan fingerprint density at radius 2 is 1.29 bits per heavy atom. The molecule has 0 nitrogen and oxygen atoms in total. The van der Waals surface area contributed by atoms with Gasteiger partial charge in [-0.25, -0.2) is 0 Å². The number of fused-ring (bicyclic) bond motifs is 1. The van der Waals surface area contributed by atoms with Crippen molar-refractivity contribution in [1.29, 1.82) is 0 Å². The van der Waals surface area contributed by atoms with Crippen LogP contribution in [0.5, 0.6) is 0 Å². The van der Waals surface area contributed by atoms with Crippen LogP contribution in [0.1, 0.15) is 107 Å². The topological polar surface area (TPSA) is 0 Å². The minimum Gasteiger partial charge on any atom is -0.0984 e. The van der Waals surface area contributed by atoms with E-state index in [9.17, 15) is 0 Å². The molecule has 0 aliphatic heterocycles. The first-order valence-corrected chi connectivity index (χ1v) is 13.8. The Morgan fingerprint density at radius 3 is 1.71 bits per heavy atom. The summed E-state index contributed by atoms with van der Waals surface area (Å²) in [6.45, 7) is 35.2. The van der Waals surface area contributed by atoms with E-state index in [-0.39, 0.29) is 0 Å². The van der Waals surface area contributed by atoms with Crippen molar-refractivity contribution in [3.8, 4) is 0 Å². The highest BCUT2D eigenvalue weighted by Crippen LogP contribution is 2.37. The molecule has 2 aromatic carbocycles. The first-order chi connectivity index (χ1) is 16.9. The lowest BCUT2D eigenvalue weighted by atomic mass is 9.83. The average Bonchev–Trinajstić information content (AvgIpc) is 2.91. The first kappa shape index (κ1) is 37.0. The van der Waals surface area contributed by atoms with E-state index in [0.717, 1.165) is 11.1 Å². The summed E-state index contributed by atoms with van der Waals surface area (Å²) in [7, 11) is 0. The van der Waals surface area contributed by atoms with Gasteiger partial charge in [0.1, 0.15) is 0 Å². The van der Waals surface area contributed by atoms with E-state index < -0.39 is 0 Å². The second-order valence-corrected chi connectivity index (χ2v) is 7.51. The molecule has 196 valence electrons. The first-order valence-electron chi connectivity index (χ1n) is 13.8. The third-order valence-electron chi connectivity index (χ3n) is 4.73. The van der Waals surface area contributed by atoms with E-state index in [1.807, 2.05) is 67.5 Å². The predicted molar refractivity (Wildman–Crippen MR) is 170 cm³/mol. The van der Waals surface area contributed by atoms with Crippen molar-refractivity contribution >= 4 is 28.5 Å². The minimum absolute atomic E-state index is 0.419. The van der Waals surface area contributed by atoms with E-state index in [0.29, 0.717) is 11.8 Å². The summed E-state index contributed by atoms with van der Waals surface area (Å²) in [6, 6.07) is 10.8. The number of hydrogen-bond acceptors (Lipinski definition) is 0. The normalized spacial score (nSPS) is 10.8. The fourth-order valence-electron chi connectivity index (χ4n) is 3.52. The van der Waals surface area contributed by atoms with Crippen LogP contribution in [0.15, 0.2) is 73.4 Å². The zero-order chi connectivity index (χ0) is 28.0. The van der Waals surface area contributed by atoms with Crippen LogP contribution in [0.3, 0.4) is 0 Å². The smallest absolute Gasteiger partial charge is 0.00995 e. The zero-order valence-electron chi connectivity index (χ0n) is 25.4. The molecular weight excluding hydrogens is 420 g/mol. The molecule has 0 radical (unpaired) electrons. The van der Waals surface area contributed by atoms with Crippen molar-refractivity contribution in [1.82, 2.24) is 0 Å². The van der Waals surface area contributed by atoms with Gasteiger partial charge in [0.2, 0.25) is 0 Å². The molecule has 0 unspecified atom stereocenters.